The second kappa shape index (κ2) is 9.84. The van der Waals surface area contributed by atoms with E-state index in [4.69, 9.17) is 4.74 Å². The molecular formula is C27H25N3O4S. The monoisotopic (exact) mass is 487 g/mol. The zero-order valence-corrected chi connectivity index (χ0v) is 20.1. The number of thiophene rings is 1. The van der Waals surface area contributed by atoms with Crippen molar-refractivity contribution in [3.05, 3.63) is 98.4 Å². The first kappa shape index (κ1) is 23.0. The maximum absolute atomic E-state index is 12.9. The van der Waals surface area contributed by atoms with Gasteiger partial charge >= 0.3 is 5.97 Å². The quantitative estimate of drug-likeness (QED) is 0.399. The van der Waals surface area contributed by atoms with Crippen LogP contribution in [0.3, 0.4) is 0 Å². The molecule has 0 fully saturated rings. The highest BCUT2D eigenvalue weighted by molar-refractivity contribution is 7.20. The number of ether oxygens (including phenoxy) is 1. The molecule has 1 aliphatic heterocycles. The van der Waals surface area contributed by atoms with Crippen LogP contribution in [0.5, 0.6) is 0 Å². The van der Waals surface area contributed by atoms with E-state index in [0.29, 0.717) is 33.6 Å². The molecule has 1 aliphatic rings. The third kappa shape index (κ3) is 4.74. The number of benzene rings is 2. The number of amides is 1. The topological polar surface area (TPSA) is 90.3 Å². The lowest BCUT2D eigenvalue weighted by atomic mass is 9.99. The highest BCUT2D eigenvalue weighted by Crippen LogP contribution is 2.29. The van der Waals surface area contributed by atoms with Gasteiger partial charge in [0.05, 0.1) is 11.4 Å². The fraction of sp³-hybridized carbons (Fsp3) is 0.259. The largest absolute Gasteiger partial charge is 0.451 e. The zero-order chi connectivity index (χ0) is 24.4. The number of fused-ring (bicyclic) bond motifs is 2. The summed E-state index contributed by atoms with van der Waals surface area (Å²) in [4.78, 5) is 43.9. The molecule has 7 nitrogen and oxygen atoms in total. The van der Waals surface area contributed by atoms with Crippen LogP contribution in [0.4, 0.5) is 0 Å². The normalized spacial score (nSPS) is 13.4. The molecule has 0 unspecified atom stereocenters. The molecule has 0 saturated carbocycles. The van der Waals surface area contributed by atoms with Gasteiger partial charge in [-0.3, -0.25) is 14.2 Å². The van der Waals surface area contributed by atoms with E-state index in [1.807, 2.05) is 60.7 Å². The van der Waals surface area contributed by atoms with Crippen LogP contribution in [-0.4, -0.2) is 28.0 Å². The van der Waals surface area contributed by atoms with Crippen molar-refractivity contribution in [1.29, 1.82) is 0 Å². The average molecular weight is 488 g/mol. The molecule has 35 heavy (non-hydrogen) atoms. The van der Waals surface area contributed by atoms with Crippen LogP contribution in [0.1, 0.15) is 44.6 Å². The Kier molecular flexibility index (Phi) is 6.46. The van der Waals surface area contributed by atoms with Crippen LogP contribution in [0.2, 0.25) is 0 Å². The molecule has 1 amide bonds. The summed E-state index contributed by atoms with van der Waals surface area (Å²) in [6.07, 6.45) is 2.27. The van der Waals surface area contributed by atoms with Gasteiger partial charge in [0.1, 0.15) is 15.5 Å². The number of esters is 1. The Hall–Kier alpha value is -3.78. The Labute approximate surface area is 206 Å². The van der Waals surface area contributed by atoms with E-state index in [1.165, 1.54) is 0 Å². The number of aryl methyl sites for hydroxylation is 2. The number of carbonyl (C=O) groups excluding carboxylic acids is 2. The predicted molar refractivity (Wildman–Crippen MR) is 135 cm³/mol. The molecule has 4 aromatic rings. The Morgan fingerprint density at radius 1 is 1.11 bits per heavy atom. The van der Waals surface area contributed by atoms with Crippen molar-refractivity contribution in [2.75, 3.05) is 6.61 Å². The molecule has 3 heterocycles. The number of rotatable bonds is 7. The highest BCUT2D eigenvalue weighted by Gasteiger charge is 2.25. The fourth-order valence-electron chi connectivity index (χ4n) is 4.49. The van der Waals surface area contributed by atoms with Gasteiger partial charge in [0.25, 0.3) is 11.5 Å². The predicted octanol–water partition coefficient (Wildman–Crippen LogP) is 3.97. The Balaban J connectivity index is 1.29. The number of carbonyl (C=O) groups is 2. The van der Waals surface area contributed by atoms with Gasteiger partial charge in [-0.1, -0.05) is 60.7 Å². The van der Waals surface area contributed by atoms with Crippen molar-refractivity contribution >= 4 is 33.4 Å². The second-order valence-electron chi connectivity index (χ2n) is 8.62. The van der Waals surface area contributed by atoms with Gasteiger partial charge in [-0.15, -0.1) is 11.3 Å². The van der Waals surface area contributed by atoms with Crippen LogP contribution < -0.4 is 10.9 Å². The first-order chi connectivity index (χ1) is 17.0. The van der Waals surface area contributed by atoms with Crippen LogP contribution in [0.25, 0.3) is 10.2 Å². The Morgan fingerprint density at radius 3 is 2.57 bits per heavy atom. The maximum atomic E-state index is 12.9. The molecule has 0 spiro atoms. The lowest BCUT2D eigenvalue weighted by molar-refractivity contribution is -0.125. The van der Waals surface area contributed by atoms with E-state index in [2.05, 4.69) is 10.3 Å². The summed E-state index contributed by atoms with van der Waals surface area (Å²) in [6.45, 7) is 1.97. The van der Waals surface area contributed by atoms with Crippen LogP contribution in [0.15, 0.2) is 65.5 Å². The summed E-state index contributed by atoms with van der Waals surface area (Å²) in [6, 6.07) is 19.3. The Bertz CT molecular complexity index is 1440. The summed E-state index contributed by atoms with van der Waals surface area (Å²) >= 11 is 1.15. The van der Waals surface area contributed by atoms with Crippen molar-refractivity contribution in [3.63, 3.8) is 0 Å². The third-order valence-electron chi connectivity index (χ3n) is 6.25. The molecule has 2 aromatic heterocycles. The molecule has 1 N–H and O–H groups in total. The average Bonchev–Trinajstić information content (AvgIpc) is 3.48. The van der Waals surface area contributed by atoms with Crippen molar-refractivity contribution in [3.8, 4) is 0 Å². The van der Waals surface area contributed by atoms with Gasteiger partial charge in [-0.2, -0.15) is 0 Å². The number of hydrogen-bond acceptors (Lipinski definition) is 6. The second-order valence-corrected chi connectivity index (χ2v) is 9.62. The Morgan fingerprint density at radius 2 is 1.83 bits per heavy atom. The summed E-state index contributed by atoms with van der Waals surface area (Å²) in [5.74, 6) is -0.253. The molecule has 178 valence electrons. The van der Waals surface area contributed by atoms with Crippen LogP contribution in [0, 0.1) is 6.92 Å². The fourth-order valence-corrected chi connectivity index (χ4v) is 5.57. The molecule has 0 bridgehead atoms. The number of hydrogen-bond donors (Lipinski definition) is 1. The first-order valence-corrected chi connectivity index (χ1v) is 12.4. The van der Waals surface area contributed by atoms with Crippen LogP contribution >= 0.6 is 11.3 Å². The lowest BCUT2D eigenvalue weighted by Crippen LogP contribution is -2.33. The minimum atomic E-state index is -0.621. The van der Waals surface area contributed by atoms with E-state index in [0.717, 1.165) is 41.1 Å². The van der Waals surface area contributed by atoms with Crippen molar-refractivity contribution in [2.24, 2.45) is 0 Å². The minimum absolute atomic E-state index is 0.111. The molecule has 2 aromatic carbocycles. The molecule has 8 heteroatoms. The molecule has 0 radical (unpaired) electrons. The van der Waals surface area contributed by atoms with E-state index >= 15 is 0 Å². The maximum Gasteiger partial charge on any atom is 0.349 e. The summed E-state index contributed by atoms with van der Waals surface area (Å²) < 4.78 is 7.03. The van der Waals surface area contributed by atoms with Gasteiger partial charge in [-0.25, -0.2) is 9.78 Å². The van der Waals surface area contributed by atoms with Gasteiger partial charge in [0, 0.05) is 13.0 Å². The van der Waals surface area contributed by atoms with E-state index in [9.17, 15) is 14.4 Å². The number of aromatic nitrogens is 2. The summed E-state index contributed by atoms with van der Waals surface area (Å²) in [5, 5.41) is 3.45. The number of nitrogens with zero attached hydrogens (tertiary/aromatic N) is 2. The molecule has 1 atom stereocenters. The van der Waals surface area contributed by atoms with Gasteiger partial charge in [0.15, 0.2) is 6.61 Å². The molecule has 0 aliphatic carbocycles. The van der Waals surface area contributed by atoms with Gasteiger partial charge < -0.3 is 10.1 Å². The third-order valence-corrected chi connectivity index (χ3v) is 7.42. The summed E-state index contributed by atoms with van der Waals surface area (Å²) in [5.41, 5.74) is 2.50. The minimum Gasteiger partial charge on any atom is -0.451 e. The summed E-state index contributed by atoms with van der Waals surface area (Å²) in [7, 11) is 0. The van der Waals surface area contributed by atoms with Gasteiger partial charge in [-0.05, 0) is 36.5 Å². The van der Waals surface area contributed by atoms with Gasteiger partial charge in [0.2, 0.25) is 0 Å². The highest BCUT2D eigenvalue weighted by atomic mass is 32.1. The number of nitrogens with one attached hydrogen (secondary N) is 1. The van der Waals surface area contributed by atoms with Crippen molar-refractivity contribution < 1.29 is 14.3 Å². The lowest BCUT2D eigenvalue weighted by Gasteiger charge is -2.19. The first-order valence-electron chi connectivity index (χ1n) is 11.6. The van der Waals surface area contributed by atoms with Crippen molar-refractivity contribution in [2.45, 2.75) is 38.8 Å². The van der Waals surface area contributed by atoms with Crippen molar-refractivity contribution in [1.82, 2.24) is 14.9 Å². The smallest absolute Gasteiger partial charge is 0.349 e. The van der Waals surface area contributed by atoms with E-state index in [1.54, 1.807) is 11.5 Å². The van der Waals surface area contributed by atoms with E-state index in [-0.39, 0.29) is 17.5 Å². The van der Waals surface area contributed by atoms with Crippen LogP contribution in [-0.2, 0) is 28.9 Å². The molecule has 5 rings (SSSR count). The zero-order valence-electron chi connectivity index (χ0n) is 19.3. The SMILES string of the molecule is Cc1c(C(=O)OCC(=O)N[C@H](Cc2ccccc2)c2ccccc2)sc2nc3n(c(=O)c12)CCC3. The molecular weight excluding hydrogens is 462 g/mol. The van der Waals surface area contributed by atoms with E-state index < -0.39 is 12.6 Å². The molecule has 0 saturated heterocycles. The standard InChI is InChI=1S/C27H25N3O4S/c1-17-23-25(29-21-13-8-14-30(21)26(23)32)35-24(17)27(33)34-16-22(31)28-20(19-11-6-3-7-12-19)15-18-9-4-2-5-10-18/h2-7,9-12,20H,8,13-16H2,1H3,(H,28,31)/t20-/m1/s1.